The number of ether oxygens (including phenoxy) is 1. The van der Waals surface area contributed by atoms with Crippen molar-refractivity contribution in [3.63, 3.8) is 0 Å². The number of nitrogens with zero attached hydrogens (tertiary/aromatic N) is 2. The van der Waals surface area contributed by atoms with E-state index >= 15 is 0 Å². The Kier molecular flexibility index (Phi) is 5.45. The van der Waals surface area contributed by atoms with E-state index in [9.17, 15) is 4.79 Å². The van der Waals surface area contributed by atoms with Crippen LogP contribution in [0.15, 0.2) is 34.9 Å². The molecule has 1 unspecified atom stereocenters. The van der Waals surface area contributed by atoms with Gasteiger partial charge in [-0.1, -0.05) is 35.5 Å². The number of hydrogen-bond acceptors (Lipinski definition) is 5. The molecule has 6 nitrogen and oxygen atoms in total. The summed E-state index contributed by atoms with van der Waals surface area (Å²) in [6, 6.07) is 9.67. The number of hydrogen-bond donors (Lipinski definition) is 1. The van der Waals surface area contributed by atoms with E-state index in [2.05, 4.69) is 10.1 Å². The van der Waals surface area contributed by atoms with Crippen LogP contribution in [0, 0.1) is 0 Å². The predicted molar refractivity (Wildman–Crippen MR) is 74.8 cm³/mol. The summed E-state index contributed by atoms with van der Waals surface area (Å²) in [6.07, 6.45) is 0.646. The molecule has 112 valence electrons. The van der Waals surface area contributed by atoms with Gasteiger partial charge in [0, 0.05) is 19.4 Å². The van der Waals surface area contributed by atoms with Crippen molar-refractivity contribution in [2.24, 2.45) is 0 Å². The van der Waals surface area contributed by atoms with Crippen LogP contribution in [0.5, 0.6) is 0 Å². The lowest BCUT2D eigenvalue weighted by Crippen LogP contribution is -2.08. The molecule has 21 heavy (non-hydrogen) atoms. The summed E-state index contributed by atoms with van der Waals surface area (Å²) in [6.45, 7) is 2.44. The molecule has 6 heteroatoms. The third-order valence-corrected chi connectivity index (χ3v) is 2.94. The topological polar surface area (TPSA) is 85.5 Å². The fourth-order valence-electron chi connectivity index (χ4n) is 1.98. The summed E-state index contributed by atoms with van der Waals surface area (Å²) < 4.78 is 10.9. The number of aromatic nitrogens is 2. The van der Waals surface area contributed by atoms with E-state index in [0.29, 0.717) is 31.2 Å². The van der Waals surface area contributed by atoms with E-state index in [-0.39, 0.29) is 12.5 Å². The second kappa shape index (κ2) is 7.54. The lowest BCUT2D eigenvalue weighted by atomic mass is 10.1. The molecule has 1 N–H and O–H groups in total. The standard InChI is InChI=1S/C15H18N2O4/c1-2-20-14(11-7-4-3-5-8-11)15-16-12(21-17-15)9-6-10-13(18)19/h3-5,7-8,14H,2,6,9-10H2,1H3,(H,18,19). The van der Waals surface area contributed by atoms with Crippen LogP contribution in [-0.2, 0) is 16.0 Å². The summed E-state index contributed by atoms with van der Waals surface area (Å²) in [7, 11) is 0. The van der Waals surface area contributed by atoms with Gasteiger partial charge in [0.05, 0.1) is 0 Å². The van der Waals surface area contributed by atoms with E-state index in [1.165, 1.54) is 0 Å². The number of carboxylic acid groups (broad SMARTS) is 1. The van der Waals surface area contributed by atoms with Crippen molar-refractivity contribution in [2.45, 2.75) is 32.3 Å². The highest BCUT2D eigenvalue weighted by Gasteiger charge is 2.20. The molecule has 0 aliphatic rings. The van der Waals surface area contributed by atoms with Crippen molar-refractivity contribution in [3.8, 4) is 0 Å². The van der Waals surface area contributed by atoms with Crippen molar-refractivity contribution in [1.82, 2.24) is 10.1 Å². The Balaban J connectivity index is 2.07. The van der Waals surface area contributed by atoms with Crippen LogP contribution in [-0.4, -0.2) is 27.8 Å². The van der Waals surface area contributed by atoms with Crippen molar-refractivity contribution < 1.29 is 19.2 Å². The molecule has 0 aliphatic carbocycles. The number of aliphatic carboxylic acids is 1. The average Bonchev–Trinajstić information content (AvgIpc) is 2.94. The van der Waals surface area contributed by atoms with Gasteiger partial charge in [-0.2, -0.15) is 4.98 Å². The molecule has 0 spiro atoms. The second-order valence-corrected chi connectivity index (χ2v) is 4.54. The van der Waals surface area contributed by atoms with Gasteiger partial charge >= 0.3 is 5.97 Å². The number of carboxylic acids is 1. The third kappa shape index (κ3) is 4.39. The molecule has 2 rings (SSSR count). The summed E-state index contributed by atoms with van der Waals surface area (Å²) >= 11 is 0. The van der Waals surface area contributed by atoms with Crippen LogP contribution >= 0.6 is 0 Å². The first-order valence-corrected chi connectivity index (χ1v) is 6.91. The van der Waals surface area contributed by atoms with Gasteiger partial charge in [0.1, 0.15) is 6.10 Å². The van der Waals surface area contributed by atoms with Crippen LogP contribution in [0.25, 0.3) is 0 Å². The molecule has 0 aliphatic heterocycles. The normalized spacial score (nSPS) is 12.2. The highest BCUT2D eigenvalue weighted by Crippen LogP contribution is 2.23. The molecular formula is C15H18N2O4. The van der Waals surface area contributed by atoms with E-state index in [0.717, 1.165) is 5.56 Å². The zero-order valence-electron chi connectivity index (χ0n) is 11.9. The molecule has 1 atom stereocenters. The van der Waals surface area contributed by atoms with Crippen LogP contribution < -0.4 is 0 Å². The molecule has 0 radical (unpaired) electrons. The number of benzene rings is 1. The van der Waals surface area contributed by atoms with Crippen molar-refractivity contribution in [3.05, 3.63) is 47.6 Å². The first-order chi connectivity index (χ1) is 10.2. The van der Waals surface area contributed by atoms with E-state index in [4.69, 9.17) is 14.4 Å². The van der Waals surface area contributed by atoms with Gasteiger partial charge in [-0.05, 0) is 18.9 Å². The molecule has 1 aromatic carbocycles. The molecule has 1 aromatic heterocycles. The molecular weight excluding hydrogens is 272 g/mol. The van der Waals surface area contributed by atoms with Gasteiger partial charge in [-0.25, -0.2) is 0 Å². The quantitative estimate of drug-likeness (QED) is 0.804. The molecule has 0 saturated carbocycles. The van der Waals surface area contributed by atoms with Crippen LogP contribution in [0.4, 0.5) is 0 Å². The average molecular weight is 290 g/mol. The predicted octanol–water partition coefficient (Wildman–Crippen LogP) is 2.60. The monoisotopic (exact) mass is 290 g/mol. The summed E-state index contributed by atoms with van der Waals surface area (Å²) in [5, 5.41) is 12.6. The summed E-state index contributed by atoms with van der Waals surface area (Å²) in [5.74, 6) is 0.0754. The first kappa shape index (κ1) is 15.2. The lowest BCUT2D eigenvalue weighted by Gasteiger charge is -2.13. The zero-order chi connectivity index (χ0) is 15.1. The third-order valence-electron chi connectivity index (χ3n) is 2.94. The Bertz CT molecular complexity index is 568. The fourth-order valence-corrected chi connectivity index (χ4v) is 1.98. The van der Waals surface area contributed by atoms with Crippen LogP contribution in [0.3, 0.4) is 0 Å². The SMILES string of the molecule is CCOC(c1ccccc1)c1noc(CCCC(=O)O)n1. The minimum Gasteiger partial charge on any atom is -0.481 e. The Morgan fingerprint density at radius 3 is 2.81 bits per heavy atom. The zero-order valence-corrected chi connectivity index (χ0v) is 11.9. The first-order valence-electron chi connectivity index (χ1n) is 6.91. The van der Waals surface area contributed by atoms with Crippen molar-refractivity contribution in [1.29, 1.82) is 0 Å². The molecule has 0 amide bonds. The van der Waals surface area contributed by atoms with Gasteiger partial charge in [0.2, 0.25) is 11.7 Å². The Morgan fingerprint density at radius 2 is 2.14 bits per heavy atom. The maximum Gasteiger partial charge on any atom is 0.303 e. The maximum atomic E-state index is 10.5. The Hall–Kier alpha value is -2.21. The summed E-state index contributed by atoms with van der Waals surface area (Å²) in [4.78, 5) is 14.8. The maximum absolute atomic E-state index is 10.5. The molecule has 2 aromatic rings. The van der Waals surface area contributed by atoms with Gasteiger partial charge in [0.15, 0.2) is 0 Å². The highest BCUT2D eigenvalue weighted by molar-refractivity contribution is 5.66. The highest BCUT2D eigenvalue weighted by atomic mass is 16.5. The largest absolute Gasteiger partial charge is 0.481 e. The van der Waals surface area contributed by atoms with Crippen LogP contribution in [0.1, 0.15) is 43.1 Å². The van der Waals surface area contributed by atoms with E-state index in [1.54, 1.807) is 0 Å². The smallest absolute Gasteiger partial charge is 0.303 e. The lowest BCUT2D eigenvalue weighted by molar-refractivity contribution is -0.137. The minimum atomic E-state index is -0.828. The van der Waals surface area contributed by atoms with Gasteiger partial charge < -0.3 is 14.4 Å². The number of aryl methyl sites for hydroxylation is 1. The van der Waals surface area contributed by atoms with Gasteiger partial charge in [0.25, 0.3) is 0 Å². The van der Waals surface area contributed by atoms with Crippen molar-refractivity contribution in [2.75, 3.05) is 6.61 Å². The second-order valence-electron chi connectivity index (χ2n) is 4.54. The van der Waals surface area contributed by atoms with Crippen LogP contribution in [0.2, 0.25) is 0 Å². The number of rotatable bonds is 8. The molecule has 1 heterocycles. The van der Waals surface area contributed by atoms with Gasteiger partial charge in [-0.3, -0.25) is 4.79 Å². The van der Waals surface area contributed by atoms with Crippen molar-refractivity contribution >= 4 is 5.97 Å². The van der Waals surface area contributed by atoms with Gasteiger partial charge in [-0.15, -0.1) is 0 Å². The minimum absolute atomic E-state index is 0.0886. The Morgan fingerprint density at radius 1 is 1.38 bits per heavy atom. The Labute approximate surface area is 122 Å². The molecule has 0 saturated heterocycles. The molecule has 0 bridgehead atoms. The fraction of sp³-hybridized carbons (Fsp3) is 0.400. The summed E-state index contributed by atoms with van der Waals surface area (Å²) in [5.41, 5.74) is 0.956. The number of carbonyl (C=O) groups is 1. The van der Waals surface area contributed by atoms with E-state index < -0.39 is 5.97 Å². The van der Waals surface area contributed by atoms with E-state index in [1.807, 2.05) is 37.3 Å². The molecule has 0 fully saturated rings.